The van der Waals surface area contributed by atoms with E-state index < -0.39 is 11.8 Å². The summed E-state index contributed by atoms with van der Waals surface area (Å²) in [6.45, 7) is 3.10. The Kier molecular flexibility index (Phi) is 12.3. The number of aliphatic hydroxyl groups excluding tert-OH is 1. The Balaban J connectivity index is 0.855. The molecule has 0 saturated carbocycles. The van der Waals surface area contributed by atoms with Gasteiger partial charge in [0.1, 0.15) is 17.0 Å². The monoisotopic (exact) mass is 829 g/mol. The summed E-state index contributed by atoms with van der Waals surface area (Å²) in [6.07, 6.45) is 1.16. The average molecular weight is 830 g/mol. The van der Waals surface area contributed by atoms with E-state index in [4.69, 9.17) is 14.2 Å². The summed E-state index contributed by atoms with van der Waals surface area (Å²) in [4.78, 5) is 30.9. The maximum absolute atomic E-state index is 13.3. The number of piperidine rings is 1. The number of carbonyl (C=O) groups excluding carboxylic acids is 2. The highest BCUT2D eigenvalue weighted by Gasteiger charge is 2.50. The van der Waals surface area contributed by atoms with Gasteiger partial charge in [-0.2, -0.15) is 0 Å². The SMILES string of the molecule is O=C(NCc1cccc(-c2cccc([C@@H]3O[C@H](CN4CCC5(CC4)C(=O)NCN5c4ccccc4)C[C@H](c4ccc(CO)cc4)O3)c2)c1)Nc1ccc(Oc2ccccc2)cc1. The van der Waals surface area contributed by atoms with Crippen molar-refractivity contribution in [3.8, 4) is 22.6 Å². The standard InChI is InChI=1S/C51H51N5O6/c57-34-36-17-19-38(20-18-36)47-31-46(33-55-27-25-51(26-28-55)49(58)53-35-56(51)43-13-3-1-4-14-43)61-48(62-47)41-12-8-11-40(30-41)39-10-7-9-37(29-39)32-52-50(59)54-42-21-23-45(24-22-42)60-44-15-5-2-6-16-44/h1-24,29-30,46-48,57H,25-28,31-35H2,(H,53,58)(H2,52,54,59)/t46-,47+,48+/m0/s1. The van der Waals surface area contributed by atoms with Crippen LogP contribution < -0.4 is 25.6 Å². The minimum absolute atomic E-state index is 0.0198. The number of nitrogens with zero attached hydrogens (tertiary/aromatic N) is 2. The lowest BCUT2D eigenvalue weighted by Crippen LogP contribution is -2.57. The van der Waals surface area contributed by atoms with Crippen LogP contribution in [-0.4, -0.2) is 59.9 Å². The van der Waals surface area contributed by atoms with Gasteiger partial charge in [0.25, 0.3) is 0 Å². The van der Waals surface area contributed by atoms with Crippen LogP contribution in [0, 0.1) is 0 Å². The molecule has 11 nitrogen and oxygen atoms in total. The van der Waals surface area contributed by atoms with Crippen LogP contribution in [0.25, 0.3) is 11.1 Å². The molecule has 3 saturated heterocycles. The third-order valence-electron chi connectivity index (χ3n) is 12.1. The number of urea groups is 1. The molecule has 11 heteroatoms. The van der Waals surface area contributed by atoms with Crippen LogP contribution in [0.2, 0.25) is 0 Å². The highest BCUT2D eigenvalue weighted by molar-refractivity contribution is 5.93. The lowest BCUT2D eigenvalue weighted by Gasteiger charge is -2.45. The van der Waals surface area contributed by atoms with Gasteiger partial charge in [-0.15, -0.1) is 0 Å². The number of nitrogens with one attached hydrogen (secondary N) is 3. The van der Waals surface area contributed by atoms with Gasteiger partial charge in [-0.3, -0.25) is 4.79 Å². The molecule has 3 heterocycles. The zero-order chi connectivity index (χ0) is 42.3. The Morgan fingerprint density at radius 2 is 1.44 bits per heavy atom. The number of para-hydroxylation sites is 2. The van der Waals surface area contributed by atoms with Gasteiger partial charge in [0, 0.05) is 49.5 Å². The van der Waals surface area contributed by atoms with Gasteiger partial charge in [0.05, 0.1) is 25.5 Å². The van der Waals surface area contributed by atoms with E-state index in [-0.39, 0.29) is 30.8 Å². The number of hydrogen-bond donors (Lipinski definition) is 4. The Bertz CT molecular complexity index is 2440. The summed E-state index contributed by atoms with van der Waals surface area (Å²) in [5.41, 5.74) is 6.92. The molecule has 3 amide bonds. The zero-order valence-corrected chi connectivity index (χ0v) is 34.5. The van der Waals surface area contributed by atoms with Gasteiger partial charge in [-0.25, -0.2) is 4.79 Å². The molecule has 62 heavy (non-hydrogen) atoms. The van der Waals surface area contributed by atoms with E-state index in [1.165, 1.54) is 0 Å². The Hall–Kier alpha value is -6.50. The fraction of sp³-hybridized carbons (Fsp3) is 0.255. The summed E-state index contributed by atoms with van der Waals surface area (Å²) in [5, 5.41) is 18.7. The van der Waals surface area contributed by atoms with Crippen molar-refractivity contribution in [1.29, 1.82) is 0 Å². The van der Waals surface area contributed by atoms with E-state index in [2.05, 4.69) is 62.1 Å². The number of rotatable bonds is 12. The number of benzene rings is 6. The van der Waals surface area contributed by atoms with E-state index in [0.717, 1.165) is 70.7 Å². The second kappa shape index (κ2) is 18.6. The predicted molar refractivity (Wildman–Crippen MR) is 239 cm³/mol. The average Bonchev–Trinajstić information content (AvgIpc) is 3.64. The van der Waals surface area contributed by atoms with Gasteiger partial charge < -0.3 is 45.1 Å². The molecule has 3 aliphatic rings. The molecule has 4 N–H and O–H groups in total. The van der Waals surface area contributed by atoms with Crippen LogP contribution in [0.5, 0.6) is 11.5 Å². The highest BCUT2D eigenvalue weighted by Crippen LogP contribution is 2.41. The number of ether oxygens (including phenoxy) is 3. The van der Waals surface area contributed by atoms with Crippen LogP contribution in [-0.2, 0) is 27.4 Å². The topological polar surface area (TPSA) is 125 Å². The lowest BCUT2D eigenvalue weighted by atomic mass is 9.85. The summed E-state index contributed by atoms with van der Waals surface area (Å²) in [5.74, 6) is 1.53. The molecule has 0 aromatic heterocycles. The molecule has 1 spiro atoms. The molecule has 6 aromatic carbocycles. The second-order valence-electron chi connectivity index (χ2n) is 16.2. The zero-order valence-electron chi connectivity index (χ0n) is 34.5. The number of anilines is 2. The molecule has 316 valence electrons. The number of amides is 3. The van der Waals surface area contributed by atoms with E-state index in [9.17, 15) is 14.7 Å². The van der Waals surface area contributed by atoms with Crippen molar-refractivity contribution in [3.05, 3.63) is 180 Å². The summed E-state index contributed by atoms with van der Waals surface area (Å²) in [7, 11) is 0. The van der Waals surface area contributed by atoms with Gasteiger partial charge in [-0.05, 0) is 101 Å². The van der Waals surface area contributed by atoms with E-state index in [1.54, 1.807) is 0 Å². The maximum atomic E-state index is 13.3. The van der Waals surface area contributed by atoms with Gasteiger partial charge >= 0.3 is 6.03 Å². The Morgan fingerprint density at radius 1 is 0.742 bits per heavy atom. The minimum atomic E-state index is -0.617. The largest absolute Gasteiger partial charge is 0.457 e. The molecule has 3 atom stereocenters. The summed E-state index contributed by atoms with van der Waals surface area (Å²) >= 11 is 0. The van der Waals surface area contributed by atoms with Crippen LogP contribution in [0.3, 0.4) is 0 Å². The normalized spacial score (nSPS) is 19.8. The van der Waals surface area contributed by atoms with Crippen LogP contribution in [0.4, 0.5) is 16.2 Å². The summed E-state index contributed by atoms with van der Waals surface area (Å²) in [6, 6.07) is 51.0. The van der Waals surface area contributed by atoms with E-state index in [1.807, 2.05) is 121 Å². The molecule has 0 unspecified atom stereocenters. The number of carbonyl (C=O) groups is 2. The highest BCUT2D eigenvalue weighted by atomic mass is 16.7. The van der Waals surface area contributed by atoms with Crippen molar-refractivity contribution in [3.63, 3.8) is 0 Å². The lowest BCUT2D eigenvalue weighted by molar-refractivity contribution is -0.253. The van der Waals surface area contributed by atoms with E-state index in [0.29, 0.717) is 37.6 Å². The molecule has 0 bridgehead atoms. The van der Waals surface area contributed by atoms with Crippen LogP contribution >= 0.6 is 0 Å². The third kappa shape index (κ3) is 9.36. The number of likely N-dealkylation sites (tertiary alicyclic amines) is 1. The fourth-order valence-electron chi connectivity index (χ4n) is 8.77. The van der Waals surface area contributed by atoms with Crippen molar-refractivity contribution in [2.24, 2.45) is 0 Å². The number of aliphatic hydroxyl groups is 1. The van der Waals surface area contributed by atoms with Crippen molar-refractivity contribution in [1.82, 2.24) is 15.5 Å². The molecule has 9 rings (SSSR count). The molecule has 6 aromatic rings. The van der Waals surface area contributed by atoms with Gasteiger partial charge in [-0.1, -0.05) is 97.1 Å². The van der Waals surface area contributed by atoms with Crippen molar-refractivity contribution < 1.29 is 28.9 Å². The molecule has 3 aliphatic heterocycles. The molecule has 3 fully saturated rings. The second-order valence-corrected chi connectivity index (χ2v) is 16.2. The Labute approximate surface area is 362 Å². The number of hydrogen-bond acceptors (Lipinski definition) is 8. The quantitative estimate of drug-likeness (QED) is 0.0965. The fourth-order valence-corrected chi connectivity index (χ4v) is 8.77. The first-order valence-electron chi connectivity index (χ1n) is 21.3. The maximum Gasteiger partial charge on any atom is 0.319 e. The van der Waals surface area contributed by atoms with E-state index >= 15 is 0 Å². The van der Waals surface area contributed by atoms with Gasteiger partial charge in [0.15, 0.2) is 6.29 Å². The first-order valence-corrected chi connectivity index (χ1v) is 21.3. The van der Waals surface area contributed by atoms with Crippen molar-refractivity contribution in [2.45, 2.75) is 56.5 Å². The smallest absolute Gasteiger partial charge is 0.319 e. The molecular weight excluding hydrogens is 779 g/mol. The van der Waals surface area contributed by atoms with Crippen LogP contribution in [0.1, 0.15) is 53.9 Å². The van der Waals surface area contributed by atoms with Crippen LogP contribution in [0.15, 0.2) is 158 Å². The van der Waals surface area contributed by atoms with Crippen molar-refractivity contribution >= 4 is 23.3 Å². The molecule has 0 radical (unpaired) electrons. The minimum Gasteiger partial charge on any atom is -0.457 e. The predicted octanol–water partition coefficient (Wildman–Crippen LogP) is 8.93. The molecular formula is C51H51N5O6. The first kappa shape index (κ1) is 40.9. The first-order chi connectivity index (χ1) is 30.4. The van der Waals surface area contributed by atoms with Gasteiger partial charge in [0.2, 0.25) is 5.91 Å². The summed E-state index contributed by atoms with van der Waals surface area (Å²) < 4.78 is 19.4. The van der Waals surface area contributed by atoms with Crippen molar-refractivity contribution in [2.75, 3.05) is 36.5 Å². The Morgan fingerprint density at radius 3 is 2.18 bits per heavy atom. The third-order valence-corrected chi connectivity index (χ3v) is 12.1. The molecule has 0 aliphatic carbocycles.